The number of nitrogens with two attached hydrogens (primary N) is 1. The van der Waals surface area contributed by atoms with E-state index in [0.717, 1.165) is 19.3 Å². The molecule has 5 heteroatoms. The van der Waals surface area contributed by atoms with Crippen molar-refractivity contribution >= 4 is 11.7 Å². The summed E-state index contributed by atoms with van der Waals surface area (Å²) in [6, 6.07) is 0.0454. The van der Waals surface area contributed by atoms with Crippen molar-refractivity contribution in [3.8, 4) is 0 Å². The fourth-order valence-corrected chi connectivity index (χ4v) is 2.94. The van der Waals surface area contributed by atoms with Gasteiger partial charge in [0.2, 0.25) is 5.91 Å². The fourth-order valence-electron chi connectivity index (χ4n) is 2.94. The standard InChI is InChI=1S/C14H27N3O2/c1-9(12(8-15)10(2)18)17-14(19)11-6-4-5-7-13(11)16-3/h9,11-13,16H,4-8,15H2,1-3H3,(H,17,19)/t9-,11?,12-,13+/m0/s1. The maximum absolute atomic E-state index is 12.3. The van der Waals surface area contributed by atoms with E-state index in [1.807, 2.05) is 14.0 Å². The van der Waals surface area contributed by atoms with E-state index in [9.17, 15) is 9.59 Å². The molecule has 4 atom stereocenters. The zero-order valence-electron chi connectivity index (χ0n) is 12.2. The minimum absolute atomic E-state index is 0.00610. The van der Waals surface area contributed by atoms with Gasteiger partial charge >= 0.3 is 0 Å². The van der Waals surface area contributed by atoms with Crippen LogP contribution in [0, 0.1) is 11.8 Å². The molecule has 5 nitrogen and oxygen atoms in total. The van der Waals surface area contributed by atoms with Crippen LogP contribution >= 0.6 is 0 Å². The molecular formula is C14H27N3O2. The van der Waals surface area contributed by atoms with Crippen molar-refractivity contribution in [3.63, 3.8) is 0 Å². The van der Waals surface area contributed by atoms with E-state index in [-0.39, 0.29) is 42.2 Å². The van der Waals surface area contributed by atoms with E-state index in [4.69, 9.17) is 5.73 Å². The van der Waals surface area contributed by atoms with E-state index in [1.54, 1.807) is 0 Å². The molecule has 0 radical (unpaired) electrons. The summed E-state index contributed by atoms with van der Waals surface area (Å²) in [6.07, 6.45) is 4.22. The number of ketones is 1. The van der Waals surface area contributed by atoms with Crippen molar-refractivity contribution in [2.45, 2.75) is 51.6 Å². The van der Waals surface area contributed by atoms with Crippen LogP contribution in [-0.2, 0) is 9.59 Å². The van der Waals surface area contributed by atoms with Crippen LogP contribution in [-0.4, -0.2) is 37.4 Å². The quantitative estimate of drug-likeness (QED) is 0.653. The van der Waals surface area contributed by atoms with Gasteiger partial charge in [-0.1, -0.05) is 12.8 Å². The van der Waals surface area contributed by atoms with Gasteiger partial charge < -0.3 is 16.4 Å². The molecule has 0 spiro atoms. The summed E-state index contributed by atoms with van der Waals surface area (Å²) in [5.74, 6) is -0.206. The first-order valence-electron chi connectivity index (χ1n) is 7.19. The topological polar surface area (TPSA) is 84.2 Å². The third-order valence-electron chi connectivity index (χ3n) is 4.22. The lowest BCUT2D eigenvalue weighted by Crippen LogP contribution is -2.50. The Bertz CT molecular complexity index is 320. The highest BCUT2D eigenvalue weighted by Crippen LogP contribution is 2.24. The summed E-state index contributed by atoms with van der Waals surface area (Å²) in [5.41, 5.74) is 5.60. The van der Waals surface area contributed by atoms with Crippen LogP contribution in [0.15, 0.2) is 0 Å². The molecule has 1 aliphatic rings. The highest BCUT2D eigenvalue weighted by atomic mass is 16.2. The number of hydrogen-bond donors (Lipinski definition) is 3. The van der Waals surface area contributed by atoms with Crippen LogP contribution < -0.4 is 16.4 Å². The summed E-state index contributed by atoms with van der Waals surface area (Å²) in [4.78, 5) is 23.8. The van der Waals surface area contributed by atoms with Crippen LogP contribution in [0.4, 0.5) is 0 Å². The molecular weight excluding hydrogens is 242 g/mol. The Labute approximate surface area is 115 Å². The lowest BCUT2D eigenvalue weighted by atomic mass is 9.83. The molecule has 1 amide bonds. The van der Waals surface area contributed by atoms with Gasteiger partial charge in [-0.3, -0.25) is 9.59 Å². The first kappa shape index (κ1) is 16.1. The SMILES string of the molecule is CN[C@@H]1CCCCC1C(=O)N[C@@H](C)[C@H](CN)C(C)=O. The second-order valence-electron chi connectivity index (χ2n) is 5.54. The zero-order valence-corrected chi connectivity index (χ0v) is 12.2. The molecule has 0 aromatic carbocycles. The average Bonchev–Trinajstić information content (AvgIpc) is 2.38. The first-order valence-corrected chi connectivity index (χ1v) is 7.19. The Kier molecular flexibility index (Phi) is 6.45. The summed E-state index contributed by atoms with van der Waals surface area (Å²) in [7, 11) is 1.90. The number of Topliss-reactive ketones (excluding diaryl/α,β-unsaturated/α-hetero) is 1. The fraction of sp³-hybridized carbons (Fsp3) is 0.857. The van der Waals surface area contributed by atoms with Crippen LogP contribution in [0.2, 0.25) is 0 Å². The van der Waals surface area contributed by atoms with E-state index in [0.29, 0.717) is 0 Å². The van der Waals surface area contributed by atoms with Crippen molar-refractivity contribution in [1.29, 1.82) is 0 Å². The van der Waals surface area contributed by atoms with Gasteiger partial charge in [-0.25, -0.2) is 0 Å². The maximum Gasteiger partial charge on any atom is 0.224 e. The third-order valence-corrected chi connectivity index (χ3v) is 4.22. The molecule has 0 aliphatic heterocycles. The van der Waals surface area contributed by atoms with E-state index in [1.165, 1.54) is 13.3 Å². The van der Waals surface area contributed by atoms with Crippen molar-refractivity contribution in [2.75, 3.05) is 13.6 Å². The molecule has 1 fully saturated rings. The second-order valence-corrected chi connectivity index (χ2v) is 5.54. The van der Waals surface area contributed by atoms with Crippen LogP contribution in [0.3, 0.4) is 0 Å². The predicted octanol–water partition coefficient (Wildman–Crippen LogP) is 0.433. The average molecular weight is 269 g/mol. The van der Waals surface area contributed by atoms with Gasteiger partial charge in [0.1, 0.15) is 5.78 Å². The van der Waals surface area contributed by atoms with E-state index >= 15 is 0 Å². The van der Waals surface area contributed by atoms with Crippen LogP contribution in [0.25, 0.3) is 0 Å². The number of rotatable bonds is 6. The van der Waals surface area contributed by atoms with Crippen LogP contribution in [0.5, 0.6) is 0 Å². The second kappa shape index (κ2) is 7.60. The molecule has 1 rings (SSSR count). The summed E-state index contributed by atoms with van der Waals surface area (Å²) in [5, 5.41) is 6.19. The molecule has 0 saturated heterocycles. The number of carbonyl (C=O) groups is 2. The predicted molar refractivity (Wildman–Crippen MR) is 75.6 cm³/mol. The molecule has 1 unspecified atom stereocenters. The van der Waals surface area contributed by atoms with Gasteiger partial charge in [-0.05, 0) is 33.7 Å². The number of hydrogen-bond acceptors (Lipinski definition) is 4. The van der Waals surface area contributed by atoms with Gasteiger partial charge in [0.25, 0.3) is 0 Å². The minimum atomic E-state index is -0.291. The van der Waals surface area contributed by atoms with Crippen molar-refractivity contribution in [3.05, 3.63) is 0 Å². The number of carbonyl (C=O) groups excluding carboxylic acids is 2. The molecule has 0 bridgehead atoms. The third kappa shape index (κ3) is 4.28. The maximum atomic E-state index is 12.3. The van der Waals surface area contributed by atoms with E-state index < -0.39 is 0 Å². The van der Waals surface area contributed by atoms with Crippen LogP contribution in [0.1, 0.15) is 39.5 Å². The van der Waals surface area contributed by atoms with Crippen molar-refractivity contribution in [2.24, 2.45) is 17.6 Å². The van der Waals surface area contributed by atoms with Gasteiger partial charge in [0.05, 0.1) is 5.92 Å². The Morgan fingerprint density at radius 2 is 1.95 bits per heavy atom. The van der Waals surface area contributed by atoms with E-state index in [2.05, 4.69) is 10.6 Å². The zero-order chi connectivity index (χ0) is 14.4. The van der Waals surface area contributed by atoms with Crippen molar-refractivity contribution < 1.29 is 9.59 Å². The molecule has 0 heterocycles. The molecule has 0 aromatic heterocycles. The van der Waals surface area contributed by atoms with Gasteiger partial charge in [-0.2, -0.15) is 0 Å². The monoisotopic (exact) mass is 269 g/mol. The minimum Gasteiger partial charge on any atom is -0.353 e. The number of nitrogens with one attached hydrogen (secondary N) is 2. The Morgan fingerprint density at radius 1 is 1.32 bits per heavy atom. The largest absolute Gasteiger partial charge is 0.353 e. The normalized spacial score (nSPS) is 26.5. The summed E-state index contributed by atoms with van der Waals surface area (Å²) >= 11 is 0. The Hall–Kier alpha value is -0.940. The molecule has 1 saturated carbocycles. The highest BCUT2D eigenvalue weighted by molar-refractivity contribution is 5.83. The van der Waals surface area contributed by atoms with Crippen molar-refractivity contribution in [1.82, 2.24) is 10.6 Å². The Balaban J connectivity index is 2.59. The smallest absolute Gasteiger partial charge is 0.224 e. The highest BCUT2D eigenvalue weighted by Gasteiger charge is 2.31. The summed E-state index contributed by atoms with van der Waals surface area (Å²) in [6.45, 7) is 3.65. The lowest BCUT2D eigenvalue weighted by Gasteiger charge is -2.32. The molecule has 0 aromatic rings. The molecule has 110 valence electrons. The molecule has 1 aliphatic carbocycles. The van der Waals surface area contributed by atoms with Gasteiger partial charge in [0.15, 0.2) is 0 Å². The van der Waals surface area contributed by atoms with Gasteiger partial charge in [0, 0.05) is 24.5 Å². The molecule has 4 N–H and O–H groups in total. The summed E-state index contributed by atoms with van der Waals surface area (Å²) < 4.78 is 0. The first-order chi connectivity index (χ1) is 9.01. The Morgan fingerprint density at radius 3 is 2.47 bits per heavy atom. The number of amides is 1. The molecule has 19 heavy (non-hydrogen) atoms. The van der Waals surface area contributed by atoms with Gasteiger partial charge in [-0.15, -0.1) is 0 Å². The lowest BCUT2D eigenvalue weighted by molar-refractivity contribution is -0.128.